The normalized spacial score (nSPS) is 24.0. The number of morpholine rings is 1. The van der Waals surface area contributed by atoms with Crippen LogP contribution in [0.5, 0.6) is 0 Å². The molecule has 1 heterocycles. The van der Waals surface area contributed by atoms with E-state index < -0.39 is 0 Å². The van der Waals surface area contributed by atoms with E-state index in [9.17, 15) is 9.18 Å². The van der Waals surface area contributed by atoms with Crippen molar-refractivity contribution in [3.8, 4) is 0 Å². The molecule has 22 heavy (non-hydrogen) atoms. The van der Waals surface area contributed by atoms with Crippen molar-refractivity contribution in [2.24, 2.45) is 0 Å². The standard InChI is InChI=1S/C17H25FN2O2/c1-12-10-20(11-13(2)22-12)14(3)17(21)19-9-8-15-4-6-16(18)7-5-15/h4-7,12-14H,8-11H2,1-3H3,(H,19,21)/t12-,13-,14+/m1/s1. The van der Waals surface area contributed by atoms with Gasteiger partial charge in [-0.2, -0.15) is 0 Å². The number of amides is 1. The van der Waals surface area contributed by atoms with Gasteiger partial charge in [-0.15, -0.1) is 0 Å². The van der Waals surface area contributed by atoms with E-state index in [-0.39, 0.29) is 30.0 Å². The number of hydrogen-bond acceptors (Lipinski definition) is 3. The lowest BCUT2D eigenvalue weighted by Gasteiger charge is -2.38. The Morgan fingerprint density at radius 1 is 1.32 bits per heavy atom. The zero-order chi connectivity index (χ0) is 16.1. The Hall–Kier alpha value is -1.46. The lowest BCUT2D eigenvalue weighted by Crippen LogP contribution is -2.54. The van der Waals surface area contributed by atoms with E-state index in [0.29, 0.717) is 13.0 Å². The Kier molecular flexibility index (Phi) is 5.91. The van der Waals surface area contributed by atoms with E-state index >= 15 is 0 Å². The summed E-state index contributed by atoms with van der Waals surface area (Å²) in [4.78, 5) is 14.4. The van der Waals surface area contributed by atoms with E-state index in [1.54, 1.807) is 12.1 Å². The minimum absolute atomic E-state index is 0.0309. The molecular formula is C17H25FN2O2. The monoisotopic (exact) mass is 308 g/mol. The molecule has 2 rings (SSSR count). The number of nitrogens with zero attached hydrogens (tertiary/aromatic N) is 1. The van der Waals surface area contributed by atoms with Gasteiger partial charge in [-0.25, -0.2) is 4.39 Å². The summed E-state index contributed by atoms with van der Waals surface area (Å²) < 4.78 is 18.5. The molecule has 0 aromatic heterocycles. The SMILES string of the molecule is C[C@@H]1CN([C@@H](C)C(=O)NCCc2ccc(F)cc2)C[C@@H](C)O1. The van der Waals surface area contributed by atoms with Crippen molar-refractivity contribution >= 4 is 5.91 Å². The second-order valence-corrected chi connectivity index (χ2v) is 6.05. The fourth-order valence-corrected chi connectivity index (χ4v) is 2.83. The Balaban J connectivity index is 1.77. The molecule has 1 N–H and O–H groups in total. The third kappa shape index (κ3) is 4.78. The predicted molar refractivity (Wildman–Crippen MR) is 84.2 cm³/mol. The van der Waals surface area contributed by atoms with Gasteiger partial charge in [0.2, 0.25) is 5.91 Å². The first kappa shape index (κ1) is 16.9. The average Bonchev–Trinajstić information content (AvgIpc) is 2.47. The van der Waals surface area contributed by atoms with Crippen LogP contribution >= 0.6 is 0 Å². The summed E-state index contributed by atoms with van der Waals surface area (Å²) in [5, 5.41) is 2.96. The van der Waals surface area contributed by atoms with E-state index in [1.165, 1.54) is 12.1 Å². The number of halogens is 1. The van der Waals surface area contributed by atoms with Gasteiger partial charge in [-0.1, -0.05) is 12.1 Å². The molecule has 1 aromatic carbocycles. The van der Waals surface area contributed by atoms with Gasteiger partial charge in [0.15, 0.2) is 0 Å². The van der Waals surface area contributed by atoms with Crippen LogP contribution in [0.4, 0.5) is 4.39 Å². The third-order valence-corrected chi connectivity index (χ3v) is 4.00. The van der Waals surface area contributed by atoms with Crippen LogP contribution in [0.3, 0.4) is 0 Å². The molecular weight excluding hydrogens is 283 g/mol. The quantitative estimate of drug-likeness (QED) is 0.904. The minimum atomic E-state index is -0.239. The van der Waals surface area contributed by atoms with Crippen molar-refractivity contribution in [1.82, 2.24) is 10.2 Å². The van der Waals surface area contributed by atoms with Crippen LogP contribution in [0.25, 0.3) is 0 Å². The lowest BCUT2D eigenvalue weighted by atomic mass is 10.1. The van der Waals surface area contributed by atoms with E-state index in [0.717, 1.165) is 18.7 Å². The topological polar surface area (TPSA) is 41.6 Å². The summed E-state index contributed by atoms with van der Waals surface area (Å²) >= 11 is 0. The van der Waals surface area contributed by atoms with Crippen LogP contribution < -0.4 is 5.32 Å². The molecule has 0 bridgehead atoms. The first-order chi connectivity index (χ1) is 10.5. The van der Waals surface area contributed by atoms with Gasteiger partial charge in [-0.3, -0.25) is 9.69 Å². The Bertz CT molecular complexity index is 482. The maximum Gasteiger partial charge on any atom is 0.237 e. The Morgan fingerprint density at radius 2 is 1.91 bits per heavy atom. The molecule has 122 valence electrons. The molecule has 0 spiro atoms. The van der Waals surface area contributed by atoms with Gasteiger partial charge < -0.3 is 10.1 Å². The summed E-state index contributed by atoms with van der Waals surface area (Å²) in [7, 11) is 0. The number of nitrogens with one attached hydrogen (secondary N) is 1. The minimum Gasteiger partial charge on any atom is -0.373 e. The fraction of sp³-hybridized carbons (Fsp3) is 0.588. The van der Waals surface area contributed by atoms with Crippen LogP contribution in [0.2, 0.25) is 0 Å². The van der Waals surface area contributed by atoms with E-state index in [4.69, 9.17) is 4.74 Å². The molecule has 1 fully saturated rings. The van der Waals surface area contributed by atoms with Crippen LogP contribution in [-0.4, -0.2) is 48.7 Å². The van der Waals surface area contributed by atoms with Gasteiger partial charge in [-0.05, 0) is 44.9 Å². The maximum absolute atomic E-state index is 12.8. The van der Waals surface area contributed by atoms with Crippen molar-refractivity contribution in [1.29, 1.82) is 0 Å². The van der Waals surface area contributed by atoms with E-state index in [1.807, 2.05) is 20.8 Å². The number of rotatable bonds is 5. The van der Waals surface area contributed by atoms with Crippen LogP contribution in [0.15, 0.2) is 24.3 Å². The molecule has 3 atom stereocenters. The molecule has 4 nitrogen and oxygen atoms in total. The molecule has 5 heteroatoms. The van der Waals surface area contributed by atoms with Crippen molar-refractivity contribution in [2.45, 2.75) is 45.4 Å². The largest absolute Gasteiger partial charge is 0.373 e. The first-order valence-corrected chi connectivity index (χ1v) is 7.87. The highest BCUT2D eigenvalue weighted by Crippen LogP contribution is 2.13. The van der Waals surface area contributed by atoms with Gasteiger partial charge >= 0.3 is 0 Å². The van der Waals surface area contributed by atoms with Crippen molar-refractivity contribution in [3.05, 3.63) is 35.6 Å². The van der Waals surface area contributed by atoms with Crippen molar-refractivity contribution in [3.63, 3.8) is 0 Å². The zero-order valence-electron chi connectivity index (χ0n) is 13.5. The first-order valence-electron chi connectivity index (χ1n) is 7.87. The summed E-state index contributed by atoms with van der Waals surface area (Å²) in [5.41, 5.74) is 1.02. The number of ether oxygens (including phenoxy) is 1. The highest BCUT2D eigenvalue weighted by atomic mass is 19.1. The molecule has 1 aliphatic rings. The average molecular weight is 308 g/mol. The maximum atomic E-state index is 12.8. The molecule has 1 aliphatic heterocycles. The predicted octanol–water partition coefficient (Wildman–Crippen LogP) is 1.98. The molecule has 0 aliphatic carbocycles. The molecule has 0 unspecified atom stereocenters. The van der Waals surface area contributed by atoms with Crippen molar-refractivity contribution in [2.75, 3.05) is 19.6 Å². The summed E-state index contributed by atoms with van der Waals surface area (Å²) in [5.74, 6) is -0.208. The summed E-state index contributed by atoms with van der Waals surface area (Å²) in [6.07, 6.45) is 1.01. The fourth-order valence-electron chi connectivity index (χ4n) is 2.83. The molecule has 1 saturated heterocycles. The van der Waals surface area contributed by atoms with Crippen LogP contribution in [0.1, 0.15) is 26.3 Å². The van der Waals surface area contributed by atoms with Gasteiger partial charge in [0.1, 0.15) is 5.82 Å². The molecule has 0 radical (unpaired) electrons. The highest BCUT2D eigenvalue weighted by Gasteiger charge is 2.28. The van der Waals surface area contributed by atoms with Crippen molar-refractivity contribution < 1.29 is 13.9 Å². The third-order valence-electron chi connectivity index (χ3n) is 4.00. The Labute approximate surface area is 131 Å². The molecule has 1 amide bonds. The zero-order valence-corrected chi connectivity index (χ0v) is 13.5. The number of carbonyl (C=O) groups is 1. The second-order valence-electron chi connectivity index (χ2n) is 6.05. The molecule has 1 aromatic rings. The number of carbonyl (C=O) groups excluding carboxylic acids is 1. The lowest BCUT2D eigenvalue weighted by molar-refractivity contribution is -0.131. The Morgan fingerprint density at radius 3 is 2.50 bits per heavy atom. The smallest absolute Gasteiger partial charge is 0.237 e. The van der Waals surface area contributed by atoms with Gasteiger partial charge in [0.25, 0.3) is 0 Å². The number of benzene rings is 1. The van der Waals surface area contributed by atoms with E-state index in [2.05, 4.69) is 10.2 Å². The van der Waals surface area contributed by atoms with Crippen LogP contribution in [0, 0.1) is 5.82 Å². The summed E-state index contributed by atoms with van der Waals surface area (Å²) in [6.45, 7) is 8.10. The van der Waals surface area contributed by atoms with Gasteiger partial charge in [0.05, 0.1) is 18.2 Å². The summed E-state index contributed by atoms with van der Waals surface area (Å²) in [6, 6.07) is 6.21. The highest BCUT2D eigenvalue weighted by molar-refractivity contribution is 5.81. The second kappa shape index (κ2) is 7.70. The van der Waals surface area contributed by atoms with Crippen LogP contribution in [-0.2, 0) is 16.0 Å². The number of hydrogen-bond donors (Lipinski definition) is 1. The molecule has 0 saturated carbocycles. The van der Waals surface area contributed by atoms with Gasteiger partial charge in [0, 0.05) is 19.6 Å².